The molecule has 162 valence electrons. The molecule has 0 saturated heterocycles. The first-order valence-corrected chi connectivity index (χ1v) is 12.5. The van der Waals surface area contributed by atoms with E-state index in [1.54, 1.807) is 17.4 Å². The van der Waals surface area contributed by atoms with Crippen molar-refractivity contribution in [2.75, 3.05) is 5.32 Å². The molecule has 1 heterocycles. The van der Waals surface area contributed by atoms with Crippen LogP contribution >= 0.6 is 11.3 Å². The minimum Gasteiger partial charge on any atom is -0.331 e. The molecule has 4 aliphatic rings. The monoisotopic (exact) mass is 436 g/mol. The molecule has 5 atom stereocenters. The quantitative estimate of drug-likeness (QED) is 0.564. The van der Waals surface area contributed by atoms with Gasteiger partial charge in [-0.2, -0.15) is 0 Å². The molecule has 31 heavy (non-hydrogen) atoms. The lowest BCUT2D eigenvalue weighted by molar-refractivity contribution is -0.131. The van der Waals surface area contributed by atoms with Crippen molar-refractivity contribution in [1.29, 1.82) is 0 Å². The van der Waals surface area contributed by atoms with Gasteiger partial charge in [0.2, 0.25) is 0 Å². The second kappa shape index (κ2) is 6.74. The van der Waals surface area contributed by atoms with E-state index < -0.39 is 0 Å². The Bertz CT molecular complexity index is 1110. The minimum atomic E-state index is -0.241. The van der Waals surface area contributed by atoms with Gasteiger partial charge >= 0.3 is 0 Å². The number of fused-ring (bicyclic) bond motifs is 7. The summed E-state index contributed by atoms with van der Waals surface area (Å²) in [5.74, 6) is 2.09. The molecule has 0 aliphatic heterocycles. The predicted molar refractivity (Wildman–Crippen MR) is 123 cm³/mol. The van der Waals surface area contributed by atoms with Gasteiger partial charge < -0.3 is 5.32 Å². The number of anilines is 2. The number of allylic oxidation sites excluding steroid dienone is 2. The maximum absolute atomic E-state index is 13.6. The van der Waals surface area contributed by atoms with Gasteiger partial charge in [0, 0.05) is 22.4 Å². The average Bonchev–Trinajstić information content (AvgIpc) is 3.28. The lowest BCUT2D eigenvalue weighted by Crippen LogP contribution is -2.49. The standard InChI is InChI=1S/C26H29FN2OS/c1-25-13-11-21-23(29-24(31-21)28-16-5-3-4-15(27)14-16)20(25)7-6-17-18-8-9-22(30)26(18,2)12-10-19(17)25/h3-5,7,14,17-19H,6,8-13H2,1-2H3,(H,28,29)/t17-,18-,19-,25+,26?/m0/s1. The molecular weight excluding hydrogens is 407 g/mol. The van der Waals surface area contributed by atoms with Gasteiger partial charge in [-0.15, -0.1) is 11.3 Å². The summed E-state index contributed by atoms with van der Waals surface area (Å²) in [6, 6.07) is 6.56. The highest BCUT2D eigenvalue weighted by Gasteiger charge is 2.58. The zero-order valence-corrected chi connectivity index (χ0v) is 19.0. The molecular formula is C26H29FN2OS. The molecule has 1 unspecified atom stereocenters. The zero-order valence-electron chi connectivity index (χ0n) is 18.2. The summed E-state index contributed by atoms with van der Waals surface area (Å²) in [5.41, 5.74) is 3.39. The van der Waals surface area contributed by atoms with Crippen molar-refractivity contribution in [2.45, 2.75) is 58.8 Å². The number of hydrogen-bond donors (Lipinski definition) is 1. The number of Topliss-reactive ketones (excluding diaryl/α,β-unsaturated/α-hetero) is 1. The number of carbonyl (C=O) groups excluding carboxylic acids is 1. The molecule has 2 aromatic rings. The molecule has 0 bridgehead atoms. The number of ketones is 1. The summed E-state index contributed by atoms with van der Waals surface area (Å²) in [5, 5.41) is 4.16. The minimum absolute atomic E-state index is 0.0780. The lowest BCUT2D eigenvalue weighted by atomic mass is 9.48. The summed E-state index contributed by atoms with van der Waals surface area (Å²) in [7, 11) is 0. The third-order valence-corrected chi connectivity index (χ3v) is 10.1. The second-order valence-corrected chi connectivity index (χ2v) is 11.6. The highest BCUT2D eigenvalue weighted by Crippen LogP contribution is 2.65. The Labute approximate surface area is 187 Å². The molecule has 2 saturated carbocycles. The molecule has 0 spiro atoms. The maximum atomic E-state index is 13.6. The first-order valence-electron chi connectivity index (χ1n) is 11.6. The van der Waals surface area contributed by atoms with Crippen molar-refractivity contribution in [2.24, 2.45) is 28.6 Å². The SMILES string of the molecule is CC12CC[C@H]3[C@@H](CC=C4c5nc(Nc6cccc(F)c6)sc5CC[C@@]43C)[C@@H]1CCC2=O. The molecule has 4 aliphatic carbocycles. The number of hydrogen-bond acceptors (Lipinski definition) is 4. The van der Waals surface area contributed by atoms with Crippen LogP contribution in [-0.2, 0) is 11.2 Å². The molecule has 1 N–H and O–H groups in total. The highest BCUT2D eigenvalue weighted by molar-refractivity contribution is 7.15. The molecule has 6 rings (SSSR count). The van der Waals surface area contributed by atoms with Gasteiger partial charge in [0.1, 0.15) is 11.6 Å². The van der Waals surface area contributed by atoms with Gasteiger partial charge in [-0.3, -0.25) is 4.79 Å². The third kappa shape index (κ3) is 2.81. The first kappa shape index (κ1) is 19.7. The van der Waals surface area contributed by atoms with E-state index in [4.69, 9.17) is 4.98 Å². The van der Waals surface area contributed by atoms with E-state index in [0.29, 0.717) is 23.5 Å². The Morgan fingerprint density at radius 1 is 1.13 bits per heavy atom. The van der Waals surface area contributed by atoms with Gasteiger partial charge in [0.25, 0.3) is 0 Å². The van der Waals surface area contributed by atoms with Crippen LogP contribution in [0.1, 0.15) is 62.9 Å². The van der Waals surface area contributed by atoms with Crippen molar-refractivity contribution in [3.05, 3.63) is 46.7 Å². The Balaban J connectivity index is 1.33. The fourth-order valence-corrected chi connectivity index (χ4v) is 8.40. The molecule has 2 fully saturated rings. The van der Waals surface area contributed by atoms with Crippen molar-refractivity contribution >= 4 is 33.5 Å². The van der Waals surface area contributed by atoms with Crippen molar-refractivity contribution in [1.82, 2.24) is 4.98 Å². The number of rotatable bonds is 2. The van der Waals surface area contributed by atoms with E-state index in [-0.39, 0.29) is 16.6 Å². The fourth-order valence-electron chi connectivity index (χ4n) is 7.40. The number of carbonyl (C=O) groups is 1. The number of halogens is 1. The van der Waals surface area contributed by atoms with Crippen LogP contribution in [0.5, 0.6) is 0 Å². The van der Waals surface area contributed by atoms with E-state index in [1.807, 2.05) is 6.07 Å². The van der Waals surface area contributed by atoms with Crippen LogP contribution in [0.4, 0.5) is 15.2 Å². The lowest BCUT2D eigenvalue weighted by Gasteiger charge is -2.55. The Morgan fingerprint density at radius 2 is 1.97 bits per heavy atom. The Hall–Kier alpha value is -2.01. The molecule has 1 aromatic carbocycles. The van der Waals surface area contributed by atoms with E-state index in [1.165, 1.54) is 22.6 Å². The van der Waals surface area contributed by atoms with Gasteiger partial charge in [-0.1, -0.05) is 26.0 Å². The van der Waals surface area contributed by atoms with Crippen LogP contribution in [0.3, 0.4) is 0 Å². The number of aryl methyl sites for hydroxylation is 1. The molecule has 1 aromatic heterocycles. The van der Waals surface area contributed by atoms with Crippen LogP contribution in [0.25, 0.3) is 5.57 Å². The number of nitrogens with one attached hydrogen (secondary N) is 1. The van der Waals surface area contributed by atoms with E-state index in [2.05, 4.69) is 25.2 Å². The van der Waals surface area contributed by atoms with E-state index >= 15 is 0 Å². The molecule has 5 heteroatoms. The van der Waals surface area contributed by atoms with Crippen molar-refractivity contribution in [3.8, 4) is 0 Å². The van der Waals surface area contributed by atoms with Crippen LogP contribution in [0.15, 0.2) is 30.3 Å². The maximum Gasteiger partial charge on any atom is 0.187 e. The van der Waals surface area contributed by atoms with Crippen molar-refractivity contribution in [3.63, 3.8) is 0 Å². The molecule has 0 radical (unpaired) electrons. The van der Waals surface area contributed by atoms with E-state index in [0.717, 1.165) is 61.5 Å². The summed E-state index contributed by atoms with van der Waals surface area (Å²) >= 11 is 1.70. The highest BCUT2D eigenvalue weighted by atomic mass is 32.1. The largest absolute Gasteiger partial charge is 0.331 e. The topological polar surface area (TPSA) is 42.0 Å². The molecule has 0 amide bonds. The van der Waals surface area contributed by atoms with Gasteiger partial charge in [-0.05, 0) is 85.5 Å². The summed E-state index contributed by atoms with van der Waals surface area (Å²) in [6.07, 6.45) is 9.82. The normalized spacial score (nSPS) is 36.2. The van der Waals surface area contributed by atoms with Gasteiger partial charge in [0.05, 0.1) is 5.69 Å². The Morgan fingerprint density at radius 3 is 2.81 bits per heavy atom. The zero-order chi connectivity index (χ0) is 21.4. The average molecular weight is 437 g/mol. The second-order valence-electron chi connectivity index (χ2n) is 10.5. The van der Waals surface area contributed by atoms with Gasteiger partial charge in [-0.25, -0.2) is 9.37 Å². The number of thiazole rings is 1. The number of benzene rings is 1. The first-order chi connectivity index (χ1) is 14.9. The predicted octanol–water partition coefficient (Wildman–Crippen LogP) is 6.78. The summed E-state index contributed by atoms with van der Waals surface area (Å²) in [4.78, 5) is 19.0. The molecule has 3 nitrogen and oxygen atoms in total. The van der Waals surface area contributed by atoms with Gasteiger partial charge in [0.15, 0.2) is 5.13 Å². The van der Waals surface area contributed by atoms with Crippen LogP contribution in [-0.4, -0.2) is 10.8 Å². The smallest absolute Gasteiger partial charge is 0.187 e. The number of nitrogens with zero attached hydrogens (tertiary/aromatic N) is 1. The van der Waals surface area contributed by atoms with E-state index in [9.17, 15) is 9.18 Å². The van der Waals surface area contributed by atoms with Crippen molar-refractivity contribution < 1.29 is 9.18 Å². The van der Waals surface area contributed by atoms with Crippen LogP contribution in [0.2, 0.25) is 0 Å². The summed E-state index contributed by atoms with van der Waals surface area (Å²) in [6.45, 7) is 4.70. The number of aromatic nitrogens is 1. The Kier molecular flexibility index (Phi) is 4.28. The fraction of sp³-hybridized carbons (Fsp3) is 0.538. The van der Waals surface area contributed by atoms with Crippen LogP contribution in [0, 0.1) is 34.4 Å². The van der Waals surface area contributed by atoms with Crippen LogP contribution < -0.4 is 5.32 Å². The summed E-state index contributed by atoms with van der Waals surface area (Å²) < 4.78 is 13.6. The third-order valence-electron chi connectivity index (χ3n) is 9.07.